The molecule has 3 saturated carbocycles. The van der Waals surface area contributed by atoms with Gasteiger partial charge in [-0.05, 0) is 73.0 Å². The summed E-state index contributed by atoms with van der Waals surface area (Å²) in [7, 11) is 0. The van der Waals surface area contributed by atoms with Gasteiger partial charge in [-0.25, -0.2) is 0 Å². The Hall–Kier alpha value is -2.89. The molecule has 2 heterocycles. The summed E-state index contributed by atoms with van der Waals surface area (Å²) in [5, 5.41) is 18.6. The van der Waals surface area contributed by atoms with Crippen LogP contribution in [0.25, 0.3) is 0 Å². The molecule has 2 saturated heterocycles. The lowest BCUT2D eigenvalue weighted by Crippen LogP contribution is -2.59. The third-order valence-corrected chi connectivity index (χ3v) is 10.3. The third-order valence-electron chi connectivity index (χ3n) is 10.3. The topological polar surface area (TPSA) is 131 Å². The van der Waals surface area contributed by atoms with Crippen molar-refractivity contribution in [3.63, 3.8) is 0 Å². The van der Waals surface area contributed by atoms with Crippen LogP contribution < -0.4 is 16.0 Å². The van der Waals surface area contributed by atoms with Gasteiger partial charge in [-0.1, -0.05) is 32.9 Å². The number of nitriles is 1. The van der Waals surface area contributed by atoms with Crippen LogP contribution in [-0.2, 0) is 19.2 Å². The van der Waals surface area contributed by atoms with Crippen LogP contribution in [0.4, 0.5) is 0 Å². The molecular formula is C29H39N5O4. The summed E-state index contributed by atoms with van der Waals surface area (Å²) in [5.41, 5.74) is -0.338. The van der Waals surface area contributed by atoms with Crippen LogP contribution in [-0.4, -0.2) is 59.7 Å². The van der Waals surface area contributed by atoms with Gasteiger partial charge in [0.2, 0.25) is 23.6 Å². The molecule has 0 radical (unpaired) electrons. The summed E-state index contributed by atoms with van der Waals surface area (Å²) >= 11 is 0. The number of nitrogens with zero attached hydrogens (tertiary/aromatic N) is 2. The summed E-state index contributed by atoms with van der Waals surface area (Å²) in [4.78, 5) is 54.9. The Labute approximate surface area is 224 Å². The molecular weight excluding hydrogens is 482 g/mol. The van der Waals surface area contributed by atoms with E-state index in [0.29, 0.717) is 25.4 Å². The number of carbonyl (C=O) groups excluding carboxylic acids is 4. The van der Waals surface area contributed by atoms with Crippen LogP contribution in [0, 0.1) is 57.7 Å². The molecule has 6 rings (SSSR count). The van der Waals surface area contributed by atoms with Crippen LogP contribution in [0.5, 0.6) is 0 Å². The highest BCUT2D eigenvalue weighted by molar-refractivity contribution is 5.95. The minimum Gasteiger partial charge on any atom is -0.356 e. The normalized spacial score (nSPS) is 36.8. The van der Waals surface area contributed by atoms with Crippen molar-refractivity contribution >= 4 is 23.6 Å². The predicted molar refractivity (Wildman–Crippen MR) is 138 cm³/mol. The number of hydrogen-bond acceptors (Lipinski definition) is 5. The van der Waals surface area contributed by atoms with Gasteiger partial charge in [0.05, 0.1) is 6.07 Å². The number of fused-ring (bicyclic) bond motifs is 5. The quantitative estimate of drug-likeness (QED) is 0.437. The Morgan fingerprint density at radius 2 is 1.92 bits per heavy atom. The van der Waals surface area contributed by atoms with Crippen molar-refractivity contribution in [3.05, 3.63) is 12.2 Å². The van der Waals surface area contributed by atoms with Crippen LogP contribution in [0.3, 0.4) is 0 Å². The van der Waals surface area contributed by atoms with Gasteiger partial charge >= 0.3 is 0 Å². The molecule has 4 amide bonds. The van der Waals surface area contributed by atoms with E-state index in [1.165, 1.54) is 0 Å². The predicted octanol–water partition coefficient (Wildman–Crippen LogP) is 1.50. The molecule has 2 bridgehead atoms. The maximum absolute atomic E-state index is 14.2. The van der Waals surface area contributed by atoms with Crippen molar-refractivity contribution in [3.8, 4) is 6.07 Å². The summed E-state index contributed by atoms with van der Waals surface area (Å²) in [6.45, 7) is 6.91. The van der Waals surface area contributed by atoms with E-state index in [0.717, 1.165) is 25.7 Å². The lowest BCUT2D eigenvalue weighted by molar-refractivity contribution is -0.145. The van der Waals surface area contributed by atoms with E-state index < -0.39 is 23.5 Å². The van der Waals surface area contributed by atoms with E-state index in [-0.39, 0.29) is 65.1 Å². The van der Waals surface area contributed by atoms with E-state index >= 15 is 0 Å². The highest BCUT2D eigenvalue weighted by Gasteiger charge is 2.66. The van der Waals surface area contributed by atoms with E-state index in [2.05, 4.69) is 34.2 Å². The molecule has 38 heavy (non-hydrogen) atoms. The van der Waals surface area contributed by atoms with Crippen molar-refractivity contribution < 1.29 is 19.2 Å². The van der Waals surface area contributed by atoms with E-state index in [1.54, 1.807) is 4.90 Å². The second-order valence-corrected chi connectivity index (χ2v) is 13.8. The number of likely N-dealkylation sites (tertiary alicyclic amines) is 1. The molecule has 6 aliphatic rings. The van der Waals surface area contributed by atoms with E-state index in [1.807, 2.05) is 20.8 Å². The summed E-state index contributed by atoms with van der Waals surface area (Å²) < 4.78 is 0. The molecule has 2 aliphatic heterocycles. The molecule has 1 spiro atoms. The van der Waals surface area contributed by atoms with Crippen LogP contribution in [0.2, 0.25) is 0 Å². The third kappa shape index (κ3) is 4.20. The maximum Gasteiger partial charge on any atom is 0.246 e. The van der Waals surface area contributed by atoms with Gasteiger partial charge in [0, 0.05) is 24.9 Å². The average Bonchev–Trinajstić information content (AvgIpc) is 3.46. The first-order valence-electron chi connectivity index (χ1n) is 14.3. The van der Waals surface area contributed by atoms with Crippen molar-refractivity contribution in [2.24, 2.45) is 46.3 Å². The zero-order chi connectivity index (χ0) is 27.0. The Bertz CT molecular complexity index is 1130. The summed E-state index contributed by atoms with van der Waals surface area (Å²) in [6, 6.07) is -0.0725. The Morgan fingerprint density at radius 3 is 2.53 bits per heavy atom. The lowest BCUT2D eigenvalue weighted by atomic mass is 9.81. The minimum atomic E-state index is -0.802. The van der Waals surface area contributed by atoms with Gasteiger partial charge in [0.15, 0.2) is 0 Å². The summed E-state index contributed by atoms with van der Waals surface area (Å²) in [5.74, 6) is -0.195. The fourth-order valence-corrected chi connectivity index (χ4v) is 7.82. The minimum absolute atomic E-state index is 0.00132. The van der Waals surface area contributed by atoms with Gasteiger partial charge in [-0.2, -0.15) is 5.26 Å². The lowest BCUT2D eigenvalue weighted by Gasteiger charge is -2.37. The molecule has 0 aromatic carbocycles. The van der Waals surface area contributed by atoms with Crippen molar-refractivity contribution in [1.82, 2.24) is 20.9 Å². The van der Waals surface area contributed by atoms with Gasteiger partial charge in [0.1, 0.15) is 18.1 Å². The molecule has 4 aliphatic carbocycles. The van der Waals surface area contributed by atoms with Gasteiger partial charge < -0.3 is 20.9 Å². The largest absolute Gasteiger partial charge is 0.356 e. The van der Waals surface area contributed by atoms with Crippen LogP contribution in [0.1, 0.15) is 59.3 Å². The molecule has 5 fully saturated rings. The molecule has 0 aromatic heterocycles. The number of carbonyl (C=O) groups is 4. The molecule has 9 heteroatoms. The first-order chi connectivity index (χ1) is 18.0. The molecule has 9 atom stereocenters. The molecule has 204 valence electrons. The highest BCUT2D eigenvalue weighted by Crippen LogP contribution is 2.70. The van der Waals surface area contributed by atoms with Gasteiger partial charge in [-0.3, -0.25) is 19.2 Å². The van der Waals surface area contributed by atoms with Crippen molar-refractivity contribution in [1.29, 1.82) is 5.26 Å². The van der Waals surface area contributed by atoms with Crippen LogP contribution >= 0.6 is 0 Å². The molecule has 0 aromatic rings. The second-order valence-electron chi connectivity index (χ2n) is 13.8. The number of allylic oxidation sites excluding steroid dienone is 2. The average molecular weight is 522 g/mol. The number of rotatable bonds is 7. The SMILES string of the molecule is CC(C)(C)C(NC(=O)C1CC12CC2)C(=O)N1CC2C3C=CC(C3)C2C1C(=O)NC(C#N)CC1CCNC1=O. The van der Waals surface area contributed by atoms with Crippen molar-refractivity contribution in [2.45, 2.75) is 77.4 Å². The zero-order valence-corrected chi connectivity index (χ0v) is 22.5. The number of nitrogens with one attached hydrogen (secondary N) is 3. The first kappa shape index (κ1) is 25.4. The molecule has 9 unspecified atom stereocenters. The van der Waals surface area contributed by atoms with Crippen molar-refractivity contribution in [2.75, 3.05) is 13.1 Å². The first-order valence-corrected chi connectivity index (χ1v) is 14.3. The van der Waals surface area contributed by atoms with Crippen LogP contribution in [0.15, 0.2) is 12.2 Å². The van der Waals surface area contributed by atoms with E-state index in [9.17, 15) is 24.4 Å². The number of amides is 4. The molecule has 3 N–H and O–H groups in total. The van der Waals surface area contributed by atoms with Gasteiger partial charge in [0.25, 0.3) is 0 Å². The Kier molecular flexibility index (Phi) is 5.89. The maximum atomic E-state index is 14.2. The smallest absolute Gasteiger partial charge is 0.246 e. The summed E-state index contributed by atoms with van der Waals surface area (Å²) in [6.07, 6.45) is 9.39. The zero-order valence-electron chi connectivity index (χ0n) is 22.5. The standard InChI is InChI=1S/C29H39N5O4/c1-28(2,3)23(33-25(36)20-12-29(20)7-8-29)27(38)34-14-19-15-4-5-16(10-15)21(19)22(34)26(37)32-18(13-30)11-17-6-9-31-24(17)35/h4-5,15-23H,6-12,14H2,1-3H3,(H,31,35)(H,32,37)(H,33,36). The molecule has 9 nitrogen and oxygen atoms in total. The second kappa shape index (κ2) is 8.82. The number of hydrogen-bond donors (Lipinski definition) is 3. The Morgan fingerprint density at radius 1 is 1.18 bits per heavy atom. The van der Waals surface area contributed by atoms with Gasteiger partial charge in [-0.15, -0.1) is 0 Å². The monoisotopic (exact) mass is 521 g/mol. The fourth-order valence-electron chi connectivity index (χ4n) is 7.82. The fraction of sp³-hybridized carbons (Fsp3) is 0.759. The Balaban J connectivity index is 1.22. The van der Waals surface area contributed by atoms with E-state index in [4.69, 9.17) is 0 Å². The highest BCUT2D eigenvalue weighted by atomic mass is 16.2.